The Morgan fingerprint density at radius 3 is 3.00 bits per heavy atom. The van der Waals surface area contributed by atoms with E-state index in [2.05, 4.69) is 6.07 Å². The van der Waals surface area contributed by atoms with E-state index in [1.54, 1.807) is 24.0 Å². The highest BCUT2D eigenvalue weighted by Gasteiger charge is 2.24. The van der Waals surface area contributed by atoms with Gasteiger partial charge in [0.15, 0.2) is 0 Å². The Balaban J connectivity index is 2.15. The van der Waals surface area contributed by atoms with Crippen molar-refractivity contribution in [3.63, 3.8) is 0 Å². The molecule has 1 aromatic rings. The molecule has 1 saturated heterocycles. The van der Waals surface area contributed by atoms with Crippen molar-refractivity contribution in [2.45, 2.75) is 19.8 Å². The number of phenolic OH excluding ortho intramolecular Hbond substituents is 1. The fraction of sp³-hybridized carbons (Fsp3) is 0.429. The number of rotatable bonds is 1. The van der Waals surface area contributed by atoms with E-state index in [1.807, 2.05) is 0 Å². The molecule has 4 heteroatoms. The molecule has 2 rings (SSSR count). The molecule has 1 atom stereocenters. The van der Waals surface area contributed by atoms with Crippen molar-refractivity contribution < 1.29 is 9.90 Å². The molecule has 0 bridgehead atoms. The van der Waals surface area contributed by atoms with Crippen LogP contribution in [0.1, 0.15) is 28.8 Å². The Hall–Kier alpha value is -2.02. The quantitative estimate of drug-likeness (QED) is 0.822. The molecule has 1 heterocycles. The standard InChI is InChI=1S/C14H16N2O2/c1-10-4-5-12(7-13(10)17)14(18)16-6-2-3-11(8-15)9-16/h4-5,7,11,17H,2-3,6,9H2,1H3. The summed E-state index contributed by atoms with van der Waals surface area (Å²) in [6.45, 7) is 2.96. The van der Waals surface area contributed by atoms with Crippen LogP contribution in [-0.4, -0.2) is 29.0 Å². The van der Waals surface area contributed by atoms with Crippen molar-refractivity contribution in [3.8, 4) is 11.8 Å². The van der Waals surface area contributed by atoms with Crippen molar-refractivity contribution in [2.24, 2.45) is 5.92 Å². The summed E-state index contributed by atoms with van der Waals surface area (Å²) < 4.78 is 0. The first-order valence-corrected chi connectivity index (χ1v) is 6.10. The van der Waals surface area contributed by atoms with Crippen LogP contribution in [-0.2, 0) is 0 Å². The zero-order chi connectivity index (χ0) is 13.1. The summed E-state index contributed by atoms with van der Waals surface area (Å²) in [5.41, 5.74) is 1.23. The van der Waals surface area contributed by atoms with Crippen LogP contribution in [0.15, 0.2) is 18.2 Å². The van der Waals surface area contributed by atoms with E-state index in [0.29, 0.717) is 18.7 Å². The van der Waals surface area contributed by atoms with Crippen molar-refractivity contribution in [2.75, 3.05) is 13.1 Å². The second-order valence-corrected chi connectivity index (χ2v) is 4.72. The molecule has 0 aliphatic carbocycles. The summed E-state index contributed by atoms with van der Waals surface area (Å²) in [5.74, 6) is -0.0401. The monoisotopic (exact) mass is 244 g/mol. The van der Waals surface area contributed by atoms with Gasteiger partial charge in [-0.1, -0.05) is 6.07 Å². The molecule has 0 aromatic heterocycles. The third-order valence-electron chi connectivity index (χ3n) is 3.35. The summed E-state index contributed by atoms with van der Waals surface area (Å²) in [4.78, 5) is 13.9. The van der Waals surface area contributed by atoms with Gasteiger partial charge in [-0.2, -0.15) is 5.26 Å². The van der Waals surface area contributed by atoms with Gasteiger partial charge in [0.25, 0.3) is 5.91 Å². The summed E-state index contributed by atoms with van der Waals surface area (Å²) in [7, 11) is 0. The number of aryl methyl sites for hydroxylation is 1. The van der Waals surface area contributed by atoms with Crippen LogP contribution in [0.2, 0.25) is 0 Å². The number of nitrogens with zero attached hydrogens (tertiary/aromatic N) is 2. The van der Waals surface area contributed by atoms with Crippen LogP contribution in [0.5, 0.6) is 5.75 Å². The minimum absolute atomic E-state index is 0.0678. The molecular weight excluding hydrogens is 228 g/mol. The first kappa shape index (κ1) is 12.4. The molecular formula is C14H16N2O2. The van der Waals surface area contributed by atoms with Gasteiger partial charge in [-0.15, -0.1) is 0 Å². The van der Waals surface area contributed by atoms with E-state index < -0.39 is 0 Å². The molecule has 1 aliphatic heterocycles. The SMILES string of the molecule is Cc1ccc(C(=O)N2CCCC(C#N)C2)cc1O. The molecule has 0 saturated carbocycles. The molecule has 1 aliphatic rings. The Bertz CT molecular complexity index is 505. The normalized spacial score (nSPS) is 19.3. The van der Waals surface area contributed by atoms with Crippen LogP contribution in [0, 0.1) is 24.2 Å². The van der Waals surface area contributed by atoms with Crippen LogP contribution in [0.4, 0.5) is 0 Å². The number of aromatic hydroxyl groups is 1. The van der Waals surface area contributed by atoms with Gasteiger partial charge in [-0.3, -0.25) is 4.79 Å². The van der Waals surface area contributed by atoms with Gasteiger partial charge < -0.3 is 10.0 Å². The maximum Gasteiger partial charge on any atom is 0.254 e. The van der Waals surface area contributed by atoms with Gasteiger partial charge in [0.2, 0.25) is 0 Å². The second-order valence-electron chi connectivity index (χ2n) is 4.72. The number of hydrogen-bond donors (Lipinski definition) is 1. The average Bonchev–Trinajstić information content (AvgIpc) is 2.41. The molecule has 0 spiro atoms. The van der Waals surface area contributed by atoms with Gasteiger partial charge >= 0.3 is 0 Å². The molecule has 0 radical (unpaired) electrons. The average molecular weight is 244 g/mol. The Labute approximate surface area is 106 Å². The number of nitriles is 1. The van der Waals surface area contributed by atoms with E-state index in [-0.39, 0.29) is 17.6 Å². The van der Waals surface area contributed by atoms with E-state index in [1.165, 1.54) is 6.07 Å². The highest BCUT2D eigenvalue weighted by atomic mass is 16.3. The fourth-order valence-electron chi connectivity index (χ4n) is 2.19. The molecule has 1 amide bonds. The van der Waals surface area contributed by atoms with Crippen molar-refractivity contribution in [1.82, 2.24) is 4.90 Å². The van der Waals surface area contributed by atoms with Gasteiger partial charge in [-0.25, -0.2) is 0 Å². The van der Waals surface area contributed by atoms with Gasteiger partial charge in [0.1, 0.15) is 5.75 Å². The van der Waals surface area contributed by atoms with E-state index in [9.17, 15) is 9.90 Å². The largest absolute Gasteiger partial charge is 0.508 e. The maximum atomic E-state index is 12.2. The van der Waals surface area contributed by atoms with E-state index in [4.69, 9.17) is 5.26 Å². The van der Waals surface area contributed by atoms with Gasteiger partial charge in [0, 0.05) is 18.7 Å². The molecule has 1 N–H and O–H groups in total. The minimum atomic E-state index is -0.106. The van der Waals surface area contributed by atoms with Crippen molar-refractivity contribution in [3.05, 3.63) is 29.3 Å². The lowest BCUT2D eigenvalue weighted by atomic mass is 9.99. The Morgan fingerprint density at radius 1 is 1.56 bits per heavy atom. The Kier molecular flexibility index (Phi) is 3.52. The summed E-state index contributed by atoms with van der Waals surface area (Å²) in [6, 6.07) is 7.16. The minimum Gasteiger partial charge on any atom is -0.508 e. The highest BCUT2D eigenvalue weighted by Crippen LogP contribution is 2.21. The lowest BCUT2D eigenvalue weighted by molar-refractivity contribution is 0.0698. The molecule has 1 unspecified atom stereocenters. The second kappa shape index (κ2) is 5.09. The molecule has 1 aromatic carbocycles. The third kappa shape index (κ3) is 2.45. The zero-order valence-electron chi connectivity index (χ0n) is 10.4. The molecule has 94 valence electrons. The number of benzene rings is 1. The number of piperidine rings is 1. The number of carbonyl (C=O) groups is 1. The first-order chi connectivity index (χ1) is 8.61. The van der Waals surface area contributed by atoms with Crippen LogP contribution < -0.4 is 0 Å². The predicted molar refractivity (Wildman–Crippen MR) is 67.1 cm³/mol. The molecule has 1 fully saturated rings. The third-order valence-corrected chi connectivity index (χ3v) is 3.35. The predicted octanol–water partition coefficient (Wildman–Crippen LogP) is 2.08. The number of hydrogen-bond acceptors (Lipinski definition) is 3. The molecule has 18 heavy (non-hydrogen) atoms. The first-order valence-electron chi connectivity index (χ1n) is 6.10. The topological polar surface area (TPSA) is 64.3 Å². The van der Waals surface area contributed by atoms with Crippen molar-refractivity contribution >= 4 is 5.91 Å². The number of likely N-dealkylation sites (tertiary alicyclic amines) is 1. The lowest BCUT2D eigenvalue weighted by Gasteiger charge is -2.29. The number of carbonyl (C=O) groups excluding carboxylic acids is 1. The summed E-state index contributed by atoms with van der Waals surface area (Å²) in [6.07, 6.45) is 1.72. The maximum absolute atomic E-state index is 12.2. The summed E-state index contributed by atoms with van der Waals surface area (Å²) >= 11 is 0. The van der Waals surface area contributed by atoms with Crippen LogP contribution >= 0.6 is 0 Å². The van der Waals surface area contributed by atoms with Crippen LogP contribution in [0.3, 0.4) is 0 Å². The molecule has 4 nitrogen and oxygen atoms in total. The Morgan fingerprint density at radius 2 is 2.33 bits per heavy atom. The lowest BCUT2D eigenvalue weighted by Crippen LogP contribution is -2.39. The smallest absolute Gasteiger partial charge is 0.254 e. The highest BCUT2D eigenvalue weighted by molar-refractivity contribution is 5.94. The fourth-order valence-corrected chi connectivity index (χ4v) is 2.19. The number of phenols is 1. The summed E-state index contributed by atoms with van der Waals surface area (Å²) in [5, 5.41) is 18.5. The van der Waals surface area contributed by atoms with Crippen molar-refractivity contribution in [1.29, 1.82) is 5.26 Å². The zero-order valence-corrected chi connectivity index (χ0v) is 10.4. The van der Waals surface area contributed by atoms with E-state index >= 15 is 0 Å². The van der Waals surface area contributed by atoms with Gasteiger partial charge in [0.05, 0.1) is 12.0 Å². The van der Waals surface area contributed by atoms with E-state index in [0.717, 1.165) is 18.4 Å². The number of amides is 1. The van der Waals surface area contributed by atoms with Crippen LogP contribution in [0.25, 0.3) is 0 Å². The van der Waals surface area contributed by atoms with Gasteiger partial charge in [-0.05, 0) is 37.5 Å².